The van der Waals surface area contributed by atoms with Crippen LogP contribution in [0.1, 0.15) is 24.8 Å². The molecule has 2 rings (SSSR count). The van der Waals surface area contributed by atoms with Gasteiger partial charge in [-0.1, -0.05) is 18.6 Å². The lowest BCUT2D eigenvalue weighted by molar-refractivity contribution is 0.232. The first-order valence-corrected chi connectivity index (χ1v) is 8.54. The Kier molecular flexibility index (Phi) is 5.19. The minimum atomic E-state index is -3.41. The molecule has 0 aromatic heterocycles. The van der Waals surface area contributed by atoms with Gasteiger partial charge in [0.15, 0.2) is 0 Å². The van der Waals surface area contributed by atoms with Crippen molar-refractivity contribution >= 4 is 16.1 Å². The fourth-order valence-corrected chi connectivity index (χ4v) is 2.81. The molecule has 1 aromatic rings. The van der Waals surface area contributed by atoms with Gasteiger partial charge >= 0.3 is 6.03 Å². The van der Waals surface area contributed by atoms with E-state index in [0.717, 1.165) is 12.1 Å². The van der Waals surface area contributed by atoms with Crippen LogP contribution in [0.5, 0.6) is 0 Å². The molecule has 0 aliphatic heterocycles. The Morgan fingerprint density at radius 3 is 2.38 bits per heavy atom. The number of hydrogen-bond acceptors (Lipinski definition) is 3. The zero-order valence-electron chi connectivity index (χ0n) is 12.1. The maximum atomic E-state index is 11.6. The van der Waals surface area contributed by atoms with E-state index in [9.17, 15) is 13.2 Å². The first-order chi connectivity index (χ1) is 10.0. The molecule has 1 fully saturated rings. The molecular weight excluding hydrogens is 290 g/mol. The molecule has 1 aliphatic carbocycles. The Balaban J connectivity index is 1.79. The van der Waals surface area contributed by atoms with Gasteiger partial charge < -0.3 is 10.6 Å². The van der Waals surface area contributed by atoms with Crippen molar-refractivity contribution in [1.29, 1.82) is 0 Å². The number of hydrogen-bond donors (Lipinski definition) is 3. The third-order valence-electron chi connectivity index (χ3n) is 3.73. The summed E-state index contributed by atoms with van der Waals surface area (Å²) < 4.78 is 25.4. The first-order valence-electron chi connectivity index (χ1n) is 7.05. The van der Waals surface area contributed by atoms with Crippen LogP contribution in [-0.4, -0.2) is 28.0 Å². The molecule has 0 unspecified atom stereocenters. The van der Waals surface area contributed by atoms with Crippen molar-refractivity contribution in [3.63, 3.8) is 0 Å². The molecule has 21 heavy (non-hydrogen) atoms. The Morgan fingerprint density at radius 2 is 1.86 bits per heavy atom. The van der Waals surface area contributed by atoms with E-state index in [1.54, 1.807) is 12.1 Å². The number of sulfonamides is 1. The van der Waals surface area contributed by atoms with Crippen LogP contribution in [0.2, 0.25) is 0 Å². The van der Waals surface area contributed by atoms with E-state index in [-0.39, 0.29) is 10.9 Å². The van der Waals surface area contributed by atoms with Crippen molar-refractivity contribution in [2.75, 3.05) is 13.6 Å². The third kappa shape index (κ3) is 4.44. The number of rotatable bonds is 6. The van der Waals surface area contributed by atoms with Gasteiger partial charge in [-0.05, 0) is 43.5 Å². The summed E-state index contributed by atoms with van der Waals surface area (Å²) in [6.45, 7) is 1.10. The van der Waals surface area contributed by atoms with E-state index in [4.69, 9.17) is 0 Å². The molecule has 0 spiro atoms. The number of nitrogens with one attached hydrogen (secondary N) is 3. The van der Waals surface area contributed by atoms with Crippen molar-refractivity contribution < 1.29 is 13.2 Å². The molecule has 0 bridgehead atoms. The van der Waals surface area contributed by atoms with E-state index in [0.29, 0.717) is 12.5 Å². The van der Waals surface area contributed by atoms with Crippen LogP contribution in [0.15, 0.2) is 29.2 Å². The Bertz CT molecular complexity index is 580. The van der Waals surface area contributed by atoms with Crippen molar-refractivity contribution in [1.82, 2.24) is 15.4 Å². The molecule has 7 heteroatoms. The predicted octanol–water partition coefficient (Wildman–Crippen LogP) is 1.19. The molecule has 0 heterocycles. The smallest absolute Gasteiger partial charge is 0.315 e. The van der Waals surface area contributed by atoms with Crippen LogP contribution < -0.4 is 15.4 Å². The van der Waals surface area contributed by atoms with Crippen LogP contribution in [-0.2, 0) is 16.6 Å². The Hall–Kier alpha value is -1.60. The van der Waals surface area contributed by atoms with Gasteiger partial charge in [0.2, 0.25) is 10.0 Å². The fourth-order valence-electron chi connectivity index (χ4n) is 2.08. The molecule has 1 saturated carbocycles. The highest BCUT2D eigenvalue weighted by Gasteiger charge is 2.17. The summed E-state index contributed by atoms with van der Waals surface area (Å²) in [6.07, 6.45) is 3.65. The second-order valence-electron chi connectivity index (χ2n) is 5.21. The van der Waals surface area contributed by atoms with Crippen molar-refractivity contribution in [3.8, 4) is 0 Å². The number of carbonyl (C=O) groups excluding carboxylic acids is 1. The summed E-state index contributed by atoms with van der Waals surface area (Å²) in [4.78, 5) is 11.8. The molecule has 1 aromatic carbocycles. The average molecular weight is 311 g/mol. The van der Waals surface area contributed by atoms with Crippen LogP contribution in [0.3, 0.4) is 0 Å². The Labute approximate surface area is 125 Å². The maximum absolute atomic E-state index is 11.6. The van der Waals surface area contributed by atoms with Gasteiger partial charge in [0, 0.05) is 13.1 Å². The van der Waals surface area contributed by atoms with E-state index in [1.165, 1.54) is 38.4 Å². The molecule has 116 valence electrons. The highest BCUT2D eigenvalue weighted by Crippen LogP contribution is 2.24. The summed E-state index contributed by atoms with van der Waals surface area (Å²) in [7, 11) is -2.04. The lowest BCUT2D eigenvalue weighted by Gasteiger charge is -2.25. The SMILES string of the molecule is CNS(=O)(=O)c1ccc(CNC(=O)NCC2CCC2)cc1. The molecule has 2 amide bonds. The lowest BCUT2D eigenvalue weighted by Crippen LogP contribution is -2.39. The minimum Gasteiger partial charge on any atom is -0.338 e. The summed E-state index contributed by atoms with van der Waals surface area (Å²) in [5, 5.41) is 5.60. The highest BCUT2D eigenvalue weighted by atomic mass is 32.2. The topological polar surface area (TPSA) is 87.3 Å². The van der Waals surface area contributed by atoms with Crippen LogP contribution >= 0.6 is 0 Å². The number of carbonyl (C=O) groups is 1. The molecule has 3 N–H and O–H groups in total. The number of benzene rings is 1. The van der Waals surface area contributed by atoms with Gasteiger partial charge in [0.25, 0.3) is 0 Å². The molecular formula is C14H21N3O3S. The molecule has 0 saturated heterocycles. The van der Waals surface area contributed by atoms with E-state index >= 15 is 0 Å². The van der Waals surface area contributed by atoms with Crippen molar-refractivity contribution in [3.05, 3.63) is 29.8 Å². The zero-order valence-corrected chi connectivity index (χ0v) is 12.9. The van der Waals surface area contributed by atoms with Crippen LogP contribution in [0.4, 0.5) is 4.79 Å². The minimum absolute atomic E-state index is 0.186. The van der Waals surface area contributed by atoms with Crippen molar-refractivity contribution in [2.24, 2.45) is 5.92 Å². The maximum Gasteiger partial charge on any atom is 0.315 e. The second-order valence-corrected chi connectivity index (χ2v) is 7.10. The lowest BCUT2D eigenvalue weighted by atomic mass is 9.85. The highest BCUT2D eigenvalue weighted by molar-refractivity contribution is 7.89. The van der Waals surface area contributed by atoms with Gasteiger partial charge in [0.05, 0.1) is 4.90 Å². The normalized spacial score (nSPS) is 15.3. The van der Waals surface area contributed by atoms with Crippen molar-refractivity contribution in [2.45, 2.75) is 30.7 Å². The van der Waals surface area contributed by atoms with E-state index < -0.39 is 10.0 Å². The molecule has 0 radical (unpaired) electrons. The quantitative estimate of drug-likeness (QED) is 0.737. The molecule has 0 atom stereocenters. The van der Waals surface area contributed by atoms with Gasteiger partial charge in [0.1, 0.15) is 0 Å². The summed E-state index contributed by atoms with van der Waals surface area (Å²) in [5.41, 5.74) is 0.851. The van der Waals surface area contributed by atoms with Crippen LogP contribution in [0, 0.1) is 5.92 Å². The molecule has 1 aliphatic rings. The van der Waals surface area contributed by atoms with E-state index in [2.05, 4.69) is 15.4 Å². The van der Waals surface area contributed by atoms with Crippen LogP contribution in [0.25, 0.3) is 0 Å². The summed E-state index contributed by atoms with van der Waals surface area (Å²) in [5.74, 6) is 0.627. The monoisotopic (exact) mass is 311 g/mol. The predicted molar refractivity (Wildman–Crippen MR) is 80.3 cm³/mol. The summed E-state index contributed by atoms with van der Waals surface area (Å²) in [6, 6.07) is 6.24. The van der Waals surface area contributed by atoms with Gasteiger partial charge in [-0.25, -0.2) is 17.9 Å². The zero-order chi connectivity index (χ0) is 15.3. The van der Waals surface area contributed by atoms with Gasteiger partial charge in [-0.15, -0.1) is 0 Å². The van der Waals surface area contributed by atoms with Gasteiger partial charge in [-0.3, -0.25) is 0 Å². The average Bonchev–Trinajstić information content (AvgIpc) is 2.44. The second kappa shape index (κ2) is 6.91. The standard InChI is InChI=1S/C14H21N3O3S/c1-15-21(19,20)13-7-5-12(6-8-13)10-17-14(18)16-9-11-3-2-4-11/h5-8,11,15H,2-4,9-10H2,1H3,(H2,16,17,18). The third-order valence-corrected chi connectivity index (χ3v) is 5.16. The largest absolute Gasteiger partial charge is 0.338 e. The first kappa shape index (κ1) is 15.8. The summed E-state index contributed by atoms with van der Waals surface area (Å²) >= 11 is 0. The fraction of sp³-hybridized carbons (Fsp3) is 0.500. The van der Waals surface area contributed by atoms with Gasteiger partial charge in [-0.2, -0.15) is 0 Å². The number of urea groups is 1. The Morgan fingerprint density at radius 1 is 1.19 bits per heavy atom. The molecule has 6 nitrogen and oxygen atoms in total. The van der Waals surface area contributed by atoms with E-state index in [1.807, 2.05) is 0 Å². The number of amides is 2.